The maximum absolute atomic E-state index is 12.7. The number of hydrogen-bond donors (Lipinski definition) is 3. The van der Waals surface area contributed by atoms with Gasteiger partial charge in [0.2, 0.25) is 0 Å². The van der Waals surface area contributed by atoms with Crippen LogP contribution in [0.25, 0.3) is 0 Å². The Morgan fingerprint density at radius 2 is 1.94 bits per heavy atom. The van der Waals surface area contributed by atoms with Gasteiger partial charge in [-0.25, -0.2) is 4.79 Å². The highest BCUT2D eigenvalue weighted by molar-refractivity contribution is 9.10. The van der Waals surface area contributed by atoms with Crippen molar-refractivity contribution in [3.8, 4) is 0 Å². The molecule has 0 bridgehead atoms. The molecular weight excluding hydrogens is 317 g/mol. The Kier molecular flexibility index (Phi) is 4.17. The Morgan fingerprint density at radius 3 is 2.44 bits per heavy atom. The quantitative estimate of drug-likeness (QED) is 0.546. The van der Waals surface area contributed by atoms with Crippen LogP contribution in [0.5, 0.6) is 0 Å². The number of carbonyl (C=O) groups is 1. The Morgan fingerprint density at radius 1 is 1.33 bits per heavy atom. The van der Waals surface area contributed by atoms with Crippen LogP contribution in [0.3, 0.4) is 0 Å². The Labute approximate surface area is 108 Å². The zero-order valence-electron chi connectivity index (χ0n) is 8.75. The van der Waals surface area contributed by atoms with Crippen LogP contribution in [0, 0.1) is 0 Å². The minimum Gasteiger partial charge on any atom is -0.370 e. The van der Waals surface area contributed by atoms with Gasteiger partial charge in [-0.1, -0.05) is 6.07 Å². The summed E-state index contributed by atoms with van der Waals surface area (Å²) in [6, 6.07) is 2.28. The van der Waals surface area contributed by atoms with Crippen LogP contribution < -0.4 is 16.8 Å². The Balaban J connectivity index is 3.16. The zero-order valence-corrected chi connectivity index (χ0v) is 10.3. The molecule has 0 unspecified atom stereocenters. The van der Waals surface area contributed by atoms with Gasteiger partial charge in [0.1, 0.15) is 0 Å². The van der Waals surface area contributed by atoms with E-state index in [0.717, 1.165) is 6.07 Å². The van der Waals surface area contributed by atoms with Crippen molar-refractivity contribution >= 4 is 33.6 Å². The van der Waals surface area contributed by atoms with E-state index in [1.54, 1.807) is 0 Å². The first kappa shape index (κ1) is 14.3. The van der Waals surface area contributed by atoms with Gasteiger partial charge in [-0.3, -0.25) is 0 Å². The molecule has 98 valence electrons. The summed E-state index contributed by atoms with van der Waals surface area (Å²) in [5.74, 6) is -0.548. The molecule has 18 heavy (non-hydrogen) atoms. The maximum atomic E-state index is 12.7. The minimum atomic E-state index is -4.61. The molecule has 0 aliphatic carbocycles. The monoisotopic (exact) mass is 324 g/mol. The molecule has 1 aromatic rings. The van der Waals surface area contributed by atoms with Crippen LogP contribution in [0.1, 0.15) is 5.56 Å². The van der Waals surface area contributed by atoms with Gasteiger partial charge in [0.15, 0.2) is 5.96 Å². The molecule has 0 aliphatic heterocycles. The highest BCUT2D eigenvalue weighted by Crippen LogP contribution is 2.38. The molecule has 2 amide bonds. The van der Waals surface area contributed by atoms with Crippen LogP contribution in [0.15, 0.2) is 27.7 Å². The number of para-hydroxylation sites is 1. The Bertz CT molecular complexity index is 497. The summed E-state index contributed by atoms with van der Waals surface area (Å²) in [6.45, 7) is 0. The smallest absolute Gasteiger partial charge is 0.370 e. The van der Waals surface area contributed by atoms with E-state index in [4.69, 9.17) is 11.5 Å². The van der Waals surface area contributed by atoms with E-state index in [9.17, 15) is 18.0 Å². The summed E-state index contributed by atoms with van der Waals surface area (Å²) in [4.78, 5) is 14.3. The number of nitrogens with two attached hydrogens (primary N) is 2. The van der Waals surface area contributed by atoms with Crippen molar-refractivity contribution in [3.05, 3.63) is 28.2 Å². The molecule has 0 fully saturated rings. The average molecular weight is 325 g/mol. The number of nitrogens with zero attached hydrogens (tertiary/aromatic N) is 1. The molecule has 0 heterocycles. The van der Waals surface area contributed by atoms with E-state index in [1.807, 2.05) is 5.32 Å². The molecule has 0 saturated carbocycles. The number of halogens is 4. The molecule has 1 rings (SSSR count). The zero-order chi connectivity index (χ0) is 13.9. The largest absolute Gasteiger partial charge is 0.418 e. The van der Waals surface area contributed by atoms with Gasteiger partial charge in [0.25, 0.3) is 0 Å². The summed E-state index contributed by atoms with van der Waals surface area (Å²) in [5, 5.41) is 1.96. The van der Waals surface area contributed by atoms with Crippen LogP contribution in [0.4, 0.5) is 23.7 Å². The van der Waals surface area contributed by atoms with E-state index in [0.29, 0.717) is 0 Å². The molecule has 5 N–H and O–H groups in total. The van der Waals surface area contributed by atoms with Crippen molar-refractivity contribution in [1.29, 1.82) is 0 Å². The second kappa shape index (κ2) is 5.25. The lowest BCUT2D eigenvalue weighted by Gasteiger charge is -2.14. The molecule has 0 saturated heterocycles. The van der Waals surface area contributed by atoms with Crippen LogP contribution in [-0.4, -0.2) is 12.0 Å². The van der Waals surface area contributed by atoms with Crippen LogP contribution >= 0.6 is 15.9 Å². The van der Waals surface area contributed by atoms with Crippen molar-refractivity contribution in [2.75, 3.05) is 5.32 Å². The molecule has 5 nitrogen and oxygen atoms in total. The fraction of sp³-hybridized carbons (Fsp3) is 0.111. The topological polar surface area (TPSA) is 93.5 Å². The molecular formula is C9H8BrF3N4O. The average Bonchev–Trinajstić information content (AvgIpc) is 2.18. The lowest BCUT2D eigenvalue weighted by Crippen LogP contribution is -2.26. The third-order valence-electron chi connectivity index (χ3n) is 1.78. The van der Waals surface area contributed by atoms with Gasteiger partial charge in [0, 0.05) is 4.47 Å². The predicted octanol–water partition coefficient (Wildman–Crippen LogP) is 2.27. The first-order valence-electron chi connectivity index (χ1n) is 4.48. The van der Waals surface area contributed by atoms with Crippen molar-refractivity contribution in [2.24, 2.45) is 16.5 Å². The predicted molar refractivity (Wildman–Crippen MR) is 64.0 cm³/mol. The third-order valence-corrected chi connectivity index (χ3v) is 2.44. The SMILES string of the molecule is NC(N)=NC(=O)Nc1c(Br)cccc1C(F)(F)F. The lowest BCUT2D eigenvalue weighted by atomic mass is 10.1. The fourth-order valence-corrected chi connectivity index (χ4v) is 1.60. The molecule has 1 aromatic carbocycles. The number of benzene rings is 1. The molecule has 0 spiro atoms. The van der Waals surface area contributed by atoms with Gasteiger partial charge in [-0.2, -0.15) is 18.2 Å². The van der Waals surface area contributed by atoms with Gasteiger partial charge in [-0.15, -0.1) is 0 Å². The molecule has 0 atom stereocenters. The van der Waals surface area contributed by atoms with E-state index in [2.05, 4.69) is 20.9 Å². The normalized spacial score (nSPS) is 10.9. The van der Waals surface area contributed by atoms with E-state index >= 15 is 0 Å². The van der Waals surface area contributed by atoms with Gasteiger partial charge >= 0.3 is 12.2 Å². The van der Waals surface area contributed by atoms with Crippen LogP contribution in [-0.2, 0) is 6.18 Å². The molecule has 0 radical (unpaired) electrons. The van der Waals surface area contributed by atoms with Crippen molar-refractivity contribution < 1.29 is 18.0 Å². The number of urea groups is 1. The number of nitrogens with one attached hydrogen (secondary N) is 1. The number of amides is 2. The second-order valence-corrected chi connectivity index (χ2v) is 3.98. The summed E-state index contributed by atoms with van der Waals surface area (Å²) in [5.41, 5.74) is 8.44. The van der Waals surface area contributed by atoms with Gasteiger partial charge in [0.05, 0.1) is 11.3 Å². The van der Waals surface area contributed by atoms with Crippen molar-refractivity contribution in [1.82, 2.24) is 0 Å². The highest BCUT2D eigenvalue weighted by atomic mass is 79.9. The Hall–Kier alpha value is -1.77. The number of alkyl halides is 3. The minimum absolute atomic E-state index is 0.0662. The van der Waals surface area contributed by atoms with Crippen molar-refractivity contribution in [3.63, 3.8) is 0 Å². The summed E-state index contributed by atoms with van der Waals surface area (Å²) in [7, 11) is 0. The highest BCUT2D eigenvalue weighted by Gasteiger charge is 2.34. The van der Waals surface area contributed by atoms with Crippen molar-refractivity contribution in [2.45, 2.75) is 6.18 Å². The number of aliphatic imine (C=N–C) groups is 1. The number of hydrogen-bond acceptors (Lipinski definition) is 1. The maximum Gasteiger partial charge on any atom is 0.418 e. The standard InChI is InChI=1S/C9H8BrF3N4O/c10-5-3-1-2-4(9(11,12)13)6(5)16-8(18)17-7(14)15/h1-3H,(H5,14,15,16,17,18). The van der Waals surface area contributed by atoms with E-state index < -0.39 is 29.4 Å². The number of rotatable bonds is 1. The molecule has 0 aliphatic rings. The summed E-state index contributed by atoms with van der Waals surface area (Å²) >= 11 is 2.91. The van der Waals surface area contributed by atoms with Gasteiger partial charge in [-0.05, 0) is 28.1 Å². The molecule has 0 aromatic heterocycles. The van der Waals surface area contributed by atoms with E-state index in [-0.39, 0.29) is 4.47 Å². The summed E-state index contributed by atoms with van der Waals surface area (Å²) < 4.78 is 38.1. The number of guanidine groups is 1. The number of carbonyl (C=O) groups excluding carboxylic acids is 1. The first-order valence-corrected chi connectivity index (χ1v) is 5.27. The second-order valence-electron chi connectivity index (χ2n) is 3.13. The number of anilines is 1. The first-order chi connectivity index (χ1) is 8.21. The lowest BCUT2D eigenvalue weighted by molar-refractivity contribution is -0.136. The summed E-state index contributed by atoms with van der Waals surface area (Å²) in [6.07, 6.45) is -4.61. The van der Waals surface area contributed by atoms with E-state index in [1.165, 1.54) is 12.1 Å². The van der Waals surface area contributed by atoms with Crippen LogP contribution in [0.2, 0.25) is 0 Å². The third kappa shape index (κ3) is 3.62. The van der Waals surface area contributed by atoms with Gasteiger partial charge < -0.3 is 16.8 Å². The fourth-order valence-electron chi connectivity index (χ4n) is 1.14. The molecule has 9 heteroatoms.